The lowest BCUT2D eigenvalue weighted by Crippen LogP contribution is -2.46. The molecule has 1 heterocycles. The van der Waals surface area contributed by atoms with Crippen LogP contribution < -0.4 is 10.0 Å². The highest BCUT2D eigenvalue weighted by atomic mass is 32.2. The maximum atomic E-state index is 12.6. The van der Waals surface area contributed by atoms with Crippen molar-refractivity contribution in [3.05, 3.63) is 23.3 Å². The van der Waals surface area contributed by atoms with Gasteiger partial charge in [-0.1, -0.05) is 0 Å². The molecule has 1 aliphatic rings. The Balaban J connectivity index is 2.18. The first-order chi connectivity index (χ1) is 11.1. The van der Waals surface area contributed by atoms with Crippen molar-refractivity contribution in [3.63, 3.8) is 0 Å². The summed E-state index contributed by atoms with van der Waals surface area (Å²) < 4.78 is 51.5. The van der Waals surface area contributed by atoms with Crippen molar-refractivity contribution in [1.29, 1.82) is 0 Å². The predicted molar refractivity (Wildman–Crippen MR) is 93.5 cm³/mol. The third kappa shape index (κ3) is 4.76. The van der Waals surface area contributed by atoms with Gasteiger partial charge in [-0.05, 0) is 37.1 Å². The van der Waals surface area contributed by atoms with Gasteiger partial charge in [-0.15, -0.1) is 0 Å². The highest BCUT2D eigenvalue weighted by molar-refractivity contribution is 7.91. The SMILES string of the molecule is Cc1cc(S(C)(=O)=O)c(C)c(S(=O)(=O)NCCN2CCNCC2)c1. The first-order valence-corrected chi connectivity index (χ1v) is 11.2. The summed E-state index contributed by atoms with van der Waals surface area (Å²) in [7, 11) is -7.24. The van der Waals surface area contributed by atoms with Gasteiger partial charge in [-0.25, -0.2) is 21.6 Å². The summed E-state index contributed by atoms with van der Waals surface area (Å²) in [6, 6.07) is 3.02. The average molecular weight is 376 g/mol. The molecule has 0 aromatic heterocycles. The third-order valence-electron chi connectivity index (χ3n) is 4.08. The van der Waals surface area contributed by atoms with Crippen LogP contribution in [0.5, 0.6) is 0 Å². The second-order valence-corrected chi connectivity index (χ2v) is 9.87. The van der Waals surface area contributed by atoms with Crippen LogP contribution in [0.2, 0.25) is 0 Å². The van der Waals surface area contributed by atoms with E-state index in [9.17, 15) is 16.8 Å². The largest absolute Gasteiger partial charge is 0.314 e. The molecule has 1 aromatic rings. The van der Waals surface area contributed by atoms with Gasteiger partial charge >= 0.3 is 0 Å². The van der Waals surface area contributed by atoms with E-state index in [-0.39, 0.29) is 15.4 Å². The van der Waals surface area contributed by atoms with Crippen molar-refractivity contribution in [1.82, 2.24) is 14.9 Å². The van der Waals surface area contributed by atoms with E-state index in [1.54, 1.807) is 6.92 Å². The number of nitrogens with one attached hydrogen (secondary N) is 2. The van der Waals surface area contributed by atoms with Crippen LogP contribution in [0.4, 0.5) is 0 Å². The van der Waals surface area contributed by atoms with Gasteiger partial charge < -0.3 is 5.32 Å². The molecule has 0 spiro atoms. The van der Waals surface area contributed by atoms with Crippen LogP contribution in [0, 0.1) is 13.8 Å². The first kappa shape index (κ1) is 19.3. The number of nitrogens with zero attached hydrogens (tertiary/aromatic N) is 1. The smallest absolute Gasteiger partial charge is 0.240 e. The van der Waals surface area contributed by atoms with Crippen molar-refractivity contribution < 1.29 is 16.8 Å². The Labute approximate surface area is 144 Å². The van der Waals surface area contributed by atoms with E-state index in [2.05, 4.69) is 14.9 Å². The van der Waals surface area contributed by atoms with Crippen molar-refractivity contribution >= 4 is 19.9 Å². The van der Waals surface area contributed by atoms with E-state index in [1.807, 2.05) is 0 Å². The van der Waals surface area contributed by atoms with E-state index >= 15 is 0 Å². The van der Waals surface area contributed by atoms with E-state index < -0.39 is 19.9 Å². The van der Waals surface area contributed by atoms with Crippen molar-refractivity contribution in [2.75, 3.05) is 45.5 Å². The van der Waals surface area contributed by atoms with Crippen LogP contribution in [0.25, 0.3) is 0 Å². The molecule has 2 rings (SSSR count). The molecule has 0 amide bonds. The number of hydrogen-bond donors (Lipinski definition) is 2. The summed E-state index contributed by atoms with van der Waals surface area (Å²) in [6.45, 7) is 7.74. The fourth-order valence-corrected chi connectivity index (χ4v) is 5.31. The van der Waals surface area contributed by atoms with Crippen LogP contribution in [0.1, 0.15) is 11.1 Å². The summed E-state index contributed by atoms with van der Waals surface area (Å²) in [5.74, 6) is 0. The lowest BCUT2D eigenvalue weighted by molar-refractivity contribution is 0.245. The zero-order valence-corrected chi connectivity index (χ0v) is 15.9. The molecule has 24 heavy (non-hydrogen) atoms. The van der Waals surface area contributed by atoms with Crippen molar-refractivity contribution in [3.8, 4) is 0 Å². The van der Waals surface area contributed by atoms with Gasteiger partial charge in [-0.2, -0.15) is 0 Å². The Morgan fingerprint density at radius 2 is 1.67 bits per heavy atom. The monoisotopic (exact) mass is 375 g/mol. The second kappa shape index (κ2) is 7.49. The zero-order valence-electron chi connectivity index (χ0n) is 14.3. The minimum Gasteiger partial charge on any atom is -0.314 e. The molecule has 7 nitrogen and oxygen atoms in total. The van der Waals surface area contributed by atoms with Crippen LogP contribution in [-0.4, -0.2) is 67.3 Å². The fraction of sp³-hybridized carbons (Fsp3) is 0.600. The Kier molecular flexibility index (Phi) is 6.03. The minimum atomic E-state index is -3.75. The molecule has 1 aromatic carbocycles. The maximum Gasteiger partial charge on any atom is 0.240 e. The molecule has 9 heteroatoms. The number of hydrogen-bond acceptors (Lipinski definition) is 6. The Hall–Kier alpha value is -1.00. The molecule has 0 atom stereocenters. The average Bonchev–Trinajstić information content (AvgIpc) is 2.49. The zero-order chi connectivity index (χ0) is 18.0. The Bertz CT molecular complexity index is 798. The molecular formula is C15H25N3O4S2. The number of benzene rings is 1. The molecule has 136 valence electrons. The van der Waals surface area contributed by atoms with E-state index in [1.165, 1.54) is 19.1 Å². The Morgan fingerprint density at radius 1 is 1.08 bits per heavy atom. The predicted octanol–water partition coefficient (Wildman–Crippen LogP) is -0.110. The summed E-state index contributed by atoms with van der Waals surface area (Å²) in [5, 5.41) is 3.24. The topological polar surface area (TPSA) is 95.6 Å². The highest BCUT2D eigenvalue weighted by Gasteiger charge is 2.23. The van der Waals surface area contributed by atoms with E-state index in [0.717, 1.165) is 32.4 Å². The van der Waals surface area contributed by atoms with Crippen LogP contribution in [-0.2, 0) is 19.9 Å². The van der Waals surface area contributed by atoms with Gasteiger partial charge in [0.25, 0.3) is 0 Å². The summed E-state index contributed by atoms with van der Waals surface area (Å²) in [5.41, 5.74) is 0.862. The normalized spacial score (nSPS) is 17.1. The van der Waals surface area contributed by atoms with Gasteiger partial charge in [0.15, 0.2) is 9.84 Å². The third-order valence-corrected chi connectivity index (χ3v) is 6.89. The second-order valence-electron chi connectivity index (χ2n) is 6.15. The van der Waals surface area contributed by atoms with Crippen molar-refractivity contribution in [2.24, 2.45) is 0 Å². The van der Waals surface area contributed by atoms with Gasteiger partial charge in [-0.3, -0.25) is 4.90 Å². The number of sulfonamides is 1. The number of sulfone groups is 1. The molecule has 0 radical (unpaired) electrons. The molecule has 1 fully saturated rings. The summed E-state index contributed by atoms with van der Waals surface area (Å²) in [6.07, 6.45) is 1.09. The quantitative estimate of drug-likeness (QED) is 0.720. The molecule has 2 N–H and O–H groups in total. The molecular weight excluding hydrogens is 350 g/mol. The summed E-state index contributed by atoms with van der Waals surface area (Å²) >= 11 is 0. The molecule has 1 aliphatic heterocycles. The van der Waals surface area contributed by atoms with Crippen LogP contribution >= 0.6 is 0 Å². The van der Waals surface area contributed by atoms with E-state index in [4.69, 9.17) is 0 Å². The number of piperazine rings is 1. The highest BCUT2D eigenvalue weighted by Crippen LogP contribution is 2.24. The van der Waals surface area contributed by atoms with Gasteiger partial charge in [0, 0.05) is 45.5 Å². The lowest BCUT2D eigenvalue weighted by Gasteiger charge is -2.27. The molecule has 0 aliphatic carbocycles. The van der Waals surface area contributed by atoms with E-state index in [0.29, 0.717) is 18.7 Å². The molecule has 0 saturated carbocycles. The number of aryl methyl sites for hydroxylation is 1. The lowest BCUT2D eigenvalue weighted by atomic mass is 10.2. The standard InChI is InChI=1S/C15H25N3O4S2/c1-12-10-14(23(3,19)20)13(2)15(11-12)24(21,22)17-6-9-18-7-4-16-5-8-18/h10-11,16-17H,4-9H2,1-3H3. The molecule has 0 unspecified atom stereocenters. The first-order valence-electron chi connectivity index (χ1n) is 7.85. The van der Waals surface area contributed by atoms with Crippen molar-refractivity contribution in [2.45, 2.75) is 23.6 Å². The van der Waals surface area contributed by atoms with Crippen LogP contribution in [0.15, 0.2) is 21.9 Å². The fourth-order valence-electron chi connectivity index (χ4n) is 2.81. The summed E-state index contributed by atoms with van der Waals surface area (Å²) in [4.78, 5) is 2.28. The molecule has 1 saturated heterocycles. The Morgan fingerprint density at radius 3 is 2.25 bits per heavy atom. The minimum absolute atomic E-state index is 0.0308. The number of rotatable bonds is 6. The van der Waals surface area contributed by atoms with Gasteiger partial charge in [0.2, 0.25) is 10.0 Å². The van der Waals surface area contributed by atoms with Crippen LogP contribution in [0.3, 0.4) is 0 Å². The van der Waals surface area contributed by atoms with Gasteiger partial charge in [0.05, 0.1) is 9.79 Å². The maximum absolute atomic E-state index is 12.6. The van der Waals surface area contributed by atoms with Gasteiger partial charge in [0.1, 0.15) is 0 Å². The molecule has 0 bridgehead atoms.